The number of aromatic nitrogens is 2. The van der Waals surface area contributed by atoms with E-state index in [-0.39, 0.29) is 0 Å². The second-order valence-electron chi connectivity index (χ2n) is 4.72. The lowest BCUT2D eigenvalue weighted by atomic mass is 10.2. The van der Waals surface area contributed by atoms with Gasteiger partial charge in [0, 0.05) is 18.2 Å². The number of aliphatic imine (C=N–C) groups is 1. The summed E-state index contributed by atoms with van der Waals surface area (Å²) >= 11 is 0. The topological polar surface area (TPSA) is 94.2 Å². The number of aryl methyl sites for hydroxylation is 1. The summed E-state index contributed by atoms with van der Waals surface area (Å²) < 4.78 is 1.83. The van der Waals surface area contributed by atoms with Gasteiger partial charge in [-0.1, -0.05) is 0 Å². The van der Waals surface area contributed by atoms with E-state index >= 15 is 0 Å². The molecule has 17 heavy (non-hydrogen) atoms. The molecule has 2 heterocycles. The molecule has 1 unspecified atom stereocenters. The SMILES string of the molecule is Cc1cnn(C2(C3CC3)N=C(N)C=C(N)N2)c1. The van der Waals surface area contributed by atoms with Crippen LogP contribution in [0.15, 0.2) is 29.3 Å². The Labute approximate surface area is 99.4 Å². The molecule has 1 fully saturated rings. The van der Waals surface area contributed by atoms with Crippen LogP contribution in [0.5, 0.6) is 0 Å². The summed E-state index contributed by atoms with van der Waals surface area (Å²) in [5.74, 6) is 0.753. The Morgan fingerprint density at radius 3 is 2.76 bits per heavy atom. The van der Waals surface area contributed by atoms with Crippen LogP contribution in [0.1, 0.15) is 18.4 Å². The lowest BCUT2D eigenvalue weighted by Gasteiger charge is -2.34. The molecule has 1 aromatic heterocycles. The van der Waals surface area contributed by atoms with Gasteiger partial charge < -0.3 is 16.8 Å². The molecule has 2 aliphatic rings. The molecule has 1 aromatic rings. The van der Waals surface area contributed by atoms with Crippen molar-refractivity contribution in [2.24, 2.45) is 22.4 Å². The van der Waals surface area contributed by atoms with Gasteiger partial charge in [-0.25, -0.2) is 9.67 Å². The van der Waals surface area contributed by atoms with Crippen LogP contribution in [0.4, 0.5) is 0 Å². The molecule has 1 aliphatic carbocycles. The molecular weight excluding hydrogens is 216 g/mol. The third-order valence-electron chi connectivity index (χ3n) is 3.14. The van der Waals surface area contributed by atoms with Crippen molar-refractivity contribution in [2.75, 3.05) is 0 Å². The van der Waals surface area contributed by atoms with Crippen molar-refractivity contribution in [2.45, 2.75) is 25.6 Å². The lowest BCUT2D eigenvalue weighted by Crippen LogP contribution is -2.52. The first-order valence-electron chi connectivity index (χ1n) is 5.72. The Bertz CT molecular complexity index is 510. The number of amidine groups is 1. The van der Waals surface area contributed by atoms with Crippen LogP contribution in [0, 0.1) is 12.8 Å². The van der Waals surface area contributed by atoms with Crippen molar-refractivity contribution in [1.29, 1.82) is 0 Å². The number of nitrogens with two attached hydrogens (primary N) is 2. The highest BCUT2D eigenvalue weighted by atomic mass is 15.5. The zero-order valence-corrected chi connectivity index (χ0v) is 9.72. The molecule has 6 nitrogen and oxygen atoms in total. The van der Waals surface area contributed by atoms with Crippen LogP contribution in [-0.4, -0.2) is 15.6 Å². The van der Waals surface area contributed by atoms with Gasteiger partial charge in [-0.2, -0.15) is 5.10 Å². The van der Waals surface area contributed by atoms with Crippen molar-refractivity contribution in [3.63, 3.8) is 0 Å². The maximum atomic E-state index is 5.86. The molecule has 0 saturated heterocycles. The molecule has 0 radical (unpaired) electrons. The van der Waals surface area contributed by atoms with Gasteiger partial charge in [0.05, 0.1) is 6.20 Å². The Morgan fingerprint density at radius 1 is 1.47 bits per heavy atom. The molecule has 0 aromatic carbocycles. The van der Waals surface area contributed by atoms with E-state index in [9.17, 15) is 0 Å². The Kier molecular flexibility index (Phi) is 1.95. The monoisotopic (exact) mass is 232 g/mol. The zero-order chi connectivity index (χ0) is 12.0. The molecule has 5 N–H and O–H groups in total. The van der Waals surface area contributed by atoms with E-state index in [2.05, 4.69) is 15.4 Å². The highest BCUT2D eigenvalue weighted by Crippen LogP contribution is 2.44. The normalized spacial score (nSPS) is 28.3. The molecule has 0 spiro atoms. The fraction of sp³-hybridized carbons (Fsp3) is 0.455. The van der Waals surface area contributed by atoms with Crippen LogP contribution in [0.2, 0.25) is 0 Å². The molecule has 0 amide bonds. The van der Waals surface area contributed by atoms with Gasteiger partial charge in [0.2, 0.25) is 5.79 Å². The minimum atomic E-state index is -0.628. The van der Waals surface area contributed by atoms with Gasteiger partial charge in [-0.05, 0) is 25.3 Å². The maximum absolute atomic E-state index is 5.86. The second kappa shape index (κ2) is 3.26. The molecule has 1 atom stereocenters. The first-order chi connectivity index (χ1) is 8.10. The van der Waals surface area contributed by atoms with Crippen LogP contribution < -0.4 is 16.8 Å². The number of nitrogens with zero attached hydrogens (tertiary/aromatic N) is 3. The van der Waals surface area contributed by atoms with E-state index in [1.807, 2.05) is 24.0 Å². The molecule has 6 heteroatoms. The van der Waals surface area contributed by atoms with E-state index in [4.69, 9.17) is 11.5 Å². The fourth-order valence-corrected chi connectivity index (χ4v) is 2.24. The van der Waals surface area contributed by atoms with Gasteiger partial charge in [-0.3, -0.25) is 0 Å². The standard InChI is InChI=1S/C11H16N6/c1-7-5-14-17(6-7)11(8-2-3-8)15-9(12)4-10(13)16-11/h4-6,8,15H,2-3,12H2,1H3,(H2,13,16). The Morgan fingerprint density at radius 2 is 2.24 bits per heavy atom. The van der Waals surface area contributed by atoms with Crippen LogP contribution >= 0.6 is 0 Å². The number of nitrogens with one attached hydrogen (secondary N) is 1. The summed E-state index contributed by atoms with van der Waals surface area (Å²) in [5.41, 5.74) is 12.8. The van der Waals surface area contributed by atoms with Crippen molar-refractivity contribution < 1.29 is 0 Å². The van der Waals surface area contributed by atoms with Crippen molar-refractivity contribution >= 4 is 5.84 Å². The summed E-state index contributed by atoms with van der Waals surface area (Å²) in [6.45, 7) is 2.00. The number of hydrogen-bond acceptors (Lipinski definition) is 5. The largest absolute Gasteiger partial charge is 0.385 e. The van der Waals surface area contributed by atoms with E-state index in [0.717, 1.165) is 18.4 Å². The van der Waals surface area contributed by atoms with E-state index in [1.165, 1.54) is 0 Å². The zero-order valence-electron chi connectivity index (χ0n) is 9.72. The number of rotatable bonds is 2. The smallest absolute Gasteiger partial charge is 0.232 e. The fourth-order valence-electron chi connectivity index (χ4n) is 2.24. The van der Waals surface area contributed by atoms with E-state index < -0.39 is 5.79 Å². The van der Waals surface area contributed by atoms with Gasteiger partial charge in [0.25, 0.3) is 0 Å². The first-order valence-corrected chi connectivity index (χ1v) is 5.72. The van der Waals surface area contributed by atoms with E-state index in [0.29, 0.717) is 17.6 Å². The lowest BCUT2D eigenvalue weighted by molar-refractivity contribution is 0.181. The second-order valence-corrected chi connectivity index (χ2v) is 4.72. The van der Waals surface area contributed by atoms with Gasteiger partial charge in [-0.15, -0.1) is 0 Å². The van der Waals surface area contributed by atoms with Gasteiger partial charge in [0.1, 0.15) is 11.7 Å². The molecule has 1 saturated carbocycles. The predicted molar refractivity (Wildman–Crippen MR) is 64.7 cm³/mol. The van der Waals surface area contributed by atoms with Gasteiger partial charge in [0.15, 0.2) is 0 Å². The third-order valence-corrected chi connectivity index (χ3v) is 3.14. The van der Waals surface area contributed by atoms with Gasteiger partial charge >= 0.3 is 0 Å². The minimum absolute atomic E-state index is 0.396. The van der Waals surface area contributed by atoms with Crippen LogP contribution in [0.3, 0.4) is 0 Å². The maximum Gasteiger partial charge on any atom is 0.232 e. The highest BCUT2D eigenvalue weighted by Gasteiger charge is 2.49. The molecular formula is C11H16N6. The Hall–Kier alpha value is -1.98. The van der Waals surface area contributed by atoms with Crippen molar-refractivity contribution in [1.82, 2.24) is 15.1 Å². The summed E-state index contributed by atoms with van der Waals surface area (Å²) in [6, 6.07) is 0. The third kappa shape index (κ3) is 1.56. The average molecular weight is 232 g/mol. The molecule has 1 aliphatic heterocycles. The average Bonchev–Trinajstić information content (AvgIpc) is 3.00. The summed E-state index contributed by atoms with van der Waals surface area (Å²) in [7, 11) is 0. The Balaban J connectivity index is 2.08. The van der Waals surface area contributed by atoms with Crippen LogP contribution in [0.25, 0.3) is 0 Å². The first kappa shape index (κ1) is 10.2. The summed E-state index contributed by atoms with van der Waals surface area (Å²) in [6.07, 6.45) is 7.62. The molecule has 0 bridgehead atoms. The van der Waals surface area contributed by atoms with Crippen molar-refractivity contribution in [3.8, 4) is 0 Å². The highest BCUT2D eigenvalue weighted by molar-refractivity contribution is 5.92. The summed E-state index contributed by atoms with van der Waals surface area (Å²) in [5, 5.41) is 7.57. The number of hydrogen-bond donors (Lipinski definition) is 3. The predicted octanol–water partition coefficient (Wildman–Crippen LogP) is -0.0277. The summed E-state index contributed by atoms with van der Waals surface area (Å²) in [4.78, 5) is 4.54. The minimum Gasteiger partial charge on any atom is -0.385 e. The van der Waals surface area contributed by atoms with E-state index in [1.54, 1.807) is 6.08 Å². The quantitative estimate of drug-likeness (QED) is 0.667. The van der Waals surface area contributed by atoms with Crippen molar-refractivity contribution in [3.05, 3.63) is 29.9 Å². The molecule has 3 rings (SSSR count). The van der Waals surface area contributed by atoms with Crippen LogP contribution in [-0.2, 0) is 5.79 Å². The molecule has 90 valence electrons.